The van der Waals surface area contributed by atoms with E-state index >= 15 is 0 Å². The van der Waals surface area contributed by atoms with Crippen molar-refractivity contribution in [3.8, 4) is 5.75 Å². The minimum atomic E-state index is 0. The first kappa shape index (κ1) is 25.0. The number of benzene rings is 1. The van der Waals surface area contributed by atoms with Gasteiger partial charge in [0.1, 0.15) is 5.75 Å². The number of aliphatic imine (C=N–C) groups is 1. The molecule has 6 nitrogen and oxygen atoms in total. The third kappa shape index (κ3) is 8.53. The molecule has 1 fully saturated rings. The molecule has 1 aliphatic rings. The molecule has 0 aromatic heterocycles. The summed E-state index contributed by atoms with van der Waals surface area (Å²) in [4.78, 5) is 6.93. The smallest absolute Gasteiger partial charge is 0.191 e. The highest BCUT2D eigenvalue weighted by Crippen LogP contribution is 2.26. The van der Waals surface area contributed by atoms with Gasteiger partial charge in [-0.25, -0.2) is 0 Å². The number of likely N-dealkylation sites (tertiary alicyclic amines) is 1. The first-order chi connectivity index (χ1) is 13.3. The summed E-state index contributed by atoms with van der Waals surface area (Å²) in [6.07, 6.45) is 4.70. The van der Waals surface area contributed by atoms with Crippen molar-refractivity contribution in [1.29, 1.82) is 0 Å². The van der Waals surface area contributed by atoms with Crippen LogP contribution in [0.25, 0.3) is 0 Å². The molecule has 1 atom stereocenters. The normalized spacial score (nSPS) is 15.8. The number of nitrogens with one attached hydrogen (secondary N) is 2. The number of hydrogen-bond acceptors (Lipinski definition) is 4. The van der Waals surface area contributed by atoms with Crippen LogP contribution in [0.1, 0.15) is 44.2 Å². The zero-order valence-corrected chi connectivity index (χ0v) is 19.9. The lowest BCUT2D eigenvalue weighted by Gasteiger charge is -2.29. The molecule has 1 heterocycles. The summed E-state index contributed by atoms with van der Waals surface area (Å²) < 4.78 is 10.7. The molecule has 0 amide bonds. The van der Waals surface area contributed by atoms with E-state index < -0.39 is 0 Å². The van der Waals surface area contributed by atoms with E-state index in [0.717, 1.165) is 63.9 Å². The monoisotopic (exact) mass is 504 g/mol. The number of hydrogen-bond donors (Lipinski definition) is 2. The van der Waals surface area contributed by atoms with Crippen LogP contribution in [0.15, 0.2) is 29.3 Å². The van der Waals surface area contributed by atoms with Crippen molar-refractivity contribution in [2.24, 2.45) is 4.99 Å². The highest BCUT2D eigenvalue weighted by molar-refractivity contribution is 14.0. The standard InChI is InChI=1S/C21H36N4O2.HI/c1-4-27-16-8-5-13-23-21(22-2)24-17-20(25-14-6-7-15-25)18-9-11-19(26-3)12-10-18;/h9-12,20H,4-8,13-17H2,1-3H3,(H2,22,23,24);1H. The van der Waals surface area contributed by atoms with E-state index in [9.17, 15) is 0 Å². The molecule has 1 unspecified atom stereocenters. The zero-order chi connectivity index (χ0) is 19.3. The van der Waals surface area contributed by atoms with Gasteiger partial charge in [0.15, 0.2) is 5.96 Å². The first-order valence-corrected chi connectivity index (χ1v) is 10.2. The lowest BCUT2D eigenvalue weighted by Crippen LogP contribution is -2.43. The Morgan fingerprint density at radius 2 is 1.86 bits per heavy atom. The maximum Gasteiger partial charge on any atom is 0.191 e. The average Bonchev–Trinajstić information content (AvgIpc) is 3.24. The molecule has 7 heteroatoms. The van der Waals surface area contributed by atoms with Crippen LogP contribution in [0.2, 0.25) is 0 Å². The van der Waals surface area contributed by atoms with E-state index in [0.29, 0.717) is 6.04 Å². The predicted molar refractivity (Wildman–Crippen MR) is 127 cm³/mol. The fourth-order valence-electron chi connectivity index (χ4n) is 3.43. The molecule has 0 spiro atoms. The molecular formula is C21H37IN4O2. The van der Waals surface area contributed by atoms with Gasteiger partial charge >= 0.3 is 0 Å². The van der Waals surface area contributed by atoms with Gasteiger partial charge in [0.05, 0.1) is 13.2 Å². The first-order valence-electron chi connectivity index (χ1n) is 10.2. The number of ether oxygens (including phenoxy) is 2. The molecule has 1 aliphatic heterocycles. The number of methoxy groups -OCH3 is 1. The van der Waals surface area contributed by atoms with Crippen molar-refractivity contribution < 1.29 is 9.47 Å². The second kappa shape index (κ2) is 14.9. The van der Waals surface area contributed by atoms with Gasteiger partial charge in [-0.05, 0) is 63.4 Å². The molecule has 2 rings (SSSR count). The Morgan fingerprint density at radius 1 is 1.14 bits per heavy atom. The van der Waals surface area contributed by atoms with E-state index in [1.54, 1.807) is 7.11 Å². The van der Waals surface area contributed by atoms with Gasteiger partial charge in [-0.2, -0.15) is 0 Å². The molecule has 1 aromatic carbocycles. The fraction of sp³-hybridized carbons (Fsp3) is 0.667. The Labute approximate surface area is 187 Å². The third-order valence-electron chi connectivity index (χ3n) is 4.98. The van der Waals surface area contributed by atoms with Gasteiger partial charge < -0.3 is 20.1 Å². The van der Waals surface area contributed by atoms with E-state index in [1.807, 2.05) is 26.1 Å². The van der Waals surface area contributed by atoms with Crippen molar-refractivity contribution in [2.45, 2.75) is 38.6 Å². The number of unbranched alkanes of at least 4 members (excludes halogenated alkanes) is 1. The summed E-state index contributed by atoms with van der Waals surface area (Å²) in [5.41, 5.74) is 1.32. The van der Waals surface area contributed by atoms with Crippen LogP contribution in [0, 0.1) is 0 Å². The molecule has 2 N–H and O–H groups in total. The summed E-state index contributed by atoms with van der Waals surface area (Å²) in [5, 5.41) is 6.92. The van der Waals surface area contributed by atoms with Crippen LogP contribution < -0.4 is 15.4 Å². The molecule has 0 bridgehead atoms. The molecule has 28 heavy (non-hydrogen) atoms. The summed E-state index contributed by atoms with van der Waals surface area (Å²) in [7, 11) is 3.53. The zero-order valence-electron chi connectivity index (χ0n) is 17.6. The van der Waals surface area contributed by atoms with Crippen LogP contribution in [-0.2, 0) is 4.74 Å². The Bertz CT molecular complexity index is 548. The van der Waals surface area contributed by atoms with Gasteiger partial charge in [-0.15, -0.1) is 24.0 Å². The summed E-state index contributed by atoms with van der Waals surface area (Å²) >= 11 is 0. The quantitative estimate of drug-likeness (QED) is 0.209. The van der Waals surface area contributed by atoms with E-state index in [4.69, 9.17) is 9.47 Å². The minimum absolute atomic E-state index is 0. The highest BCUT2D eigenvalue weighted by atomic mass is 127. The molecule has 1 aromatic rings. The van der Waals surface area contributed by atoms with Crippen LogP contribution in [0.4, 0.5) is 0 Å². The van der Waals surface area contributed by atoms with Gasteiger partial charge in [0.2, 0.25) is 0 Å². The summed E-state index contributed by atoms with van der Waals surface area (Å²) in [5.74, 6) is 1.76. The number of halogens is 1. The maximum absolute atomic E-state index is 5.38. The topological polar surface area (TPSA) is 58.1 Å². The lowest BCUT2D eigenvalue weighted by atomic mass is 10.1. The minimum Gasteiger partial charge on any atom is -0.497 e. The Hall–Kier alpha value is -1.06. The lowest BCUT2D eigenvalue weighted by molar-refractivity contribution is 0.143. The Balaban J connectivity index is 0.00000392. The number of nitrogens with zero attached hydrogens (tertiary/aromatic N) is 2. The summed E-state index contributed by atoms with van der Waals surface area (Å²) in [6, 6.07) is 8.78. The second-order valence-electron chi connectivity index (χ2n) is 6.82. The molecule has 0 aliphatic carbocycles. The highest BCUT2D eigenvalue weighted by Gasteiger charge is 2.23. The van der Waals surface area contributed by atoms with Crippen molar-refractivity contribution in [3.63, 3.8) is 0 Å². The van der Waals surface area contributed by atoms with Crippen LogP contribution in [0.3, 0.4) is 0 Å². The van der Waals surface area contributed by atoms with Gasteiger partial charge in [-0.1, -0.05) is 12.1 Å². The van der Waals surface area contributed by atoms with Gasteiger partial charge in [0.25, 0.3) is 0 Å². The van der Waals surface area contributed by atoms with Crippen molar-refractivity contribution in [1.82, 2.24) is 15.5 Å². The van der Waals surface area contributed by atoms with Crippen molar-refractivity contribution in [2.75, 3.05) is 53.6 Å². The van der Waals surface area contributed by atoms with Crippen LogP contribution >= 0.6 is 24.0 Å². The van der Waals surface area contributed by atoms with Gasteiger partial charge in [0, 0.05) is 33.4 Å². The maximum atomic E-state index is 5.38. The summed E-state index contributed by atoms with van der Waals surface area (Å²) in [6.45, 7) is 7.71. The Morgan fingerprint density at radius 3 is 2.46 bits per heavy atom. The predicted octanol–water partition coefficient (Wildman–Crippen LogP) is 3.43. The van der Waals surface area contributed by atoms with Crippen molar-refractivity contribution >= 4 is 29.9 Å². The molecular weight excluding hydrogens is 467 g/mol. The average molecular weight is 504 g/mol. The van der Waals surface area contributed by atoms with Crippen molar-refractivity contribution in [3.05, 3.63) is 29.8 Å². The van der Waals surface area contributed by atoms with E-state index in [1.165, 1.54) is 18.4 Å². The van der Waals surface area contributed by atoms with Crippen LogP contribution in [0.5, 0.6) is 5.75 Å². The van der Waals surface area contributed by atoms with Gasteiger partial charge in [-0.3, -0.25) is 9.89 Å². The molecule has 0 radical (unpaired) electrons. The Kier molecular flexibility index (Phi) is 13.3. The number of rotatable bonds is 11. The SMILES string of the molecule is CCOCCCCNC(=NC)NCC(c1ccc(OC)cc1)N1CCCC1.I. The molecule has 0 saturated carbocycles. The third-order valence-corrected chi connectivity index (χ3v) is 4.98. The second-order valence-corrected chi connectivity index (χ2v) is 6.82. The van der Waals surface area contributed by atoms with E-state index in [-0.39, 0.29) is 24.0 Å². The van der Waals surface area contributed by atoms with E-state index in [2.05, 4.69) is 32.7 Å². The fourth-order valence-corrected chi connectivity index (χ4v) is 3.43. The largest absolute Gasteiger partial charge is 0.497 e. The number of guanidine groups is 1. The molecule has 160 valence electrons. The van der Waals surface area contributed by atoms with Crippen LogP contribution in [-0.4, -0.2) is 64.4 Å². The molecule has 1 saturated heterocycles.